The molecule has 0 radical (unpaired) electrons. The SMILES string of the molecule is CCN(CC(C)C(N)=NO)c1cnccn1. The lowest BCUT2D eigenvalue weighted by molar-refractivity contribution is 0.314. The highest BCUT2D eigenvalue weighted by Gasteiger charge is 2.13. The molecule has 1 heterocycles. The molecule has 0 saturated heterocycles. The van der Waals surface area contributed by atoms with Gasteiger partial charge >= 0.3 is 0 Å². The number of amidine groups is 1. The maximum atomic E-state index is 8.58. The lowest BCUT2D eigenvalue weighted by atomic mass is 10.1. The lowest BCUT2D eigenvalue weighted by Gasteiger charge is -2.24. The van der Waals surface area contributed by atoms with Gasteiger partial charge in [-0.2, -0.15) is 0 Å². The molecule has 0 saturated carbocycles. The van der Waals surface area contributed by atoms with E-state index in [2.05, 4.69) is 15.1 Å². The van der Waals surface area contributed by atoms with Crippen LogP contribution in [0.4, 0.5) is 5.82 Å². The van der Waals surface area contributed by atoms with Gasteiger partial charge in [0.25, 0.3) is 0 Å². The van der Waals surface area contributed by atoms with Gasteiger partial charge in [-0.25, -0.2) is 4.98 Å². The summed E-state index contributed by atoms with van der Waals surface area (Å²) >= 11 is 0. The van der Waals surface area contributed by atoms with Crippen molar-refractivity contribution >= 4 is 11.7 Å². The van der Waals surface area contributed by atoms with Gasteiger partial charge in [0.1, 0.15) is 11.7 Å². The molecule has 1 unspecified atom stereocenters. The molecular weight excluding hydrogens is 206 g/mol. The van der Waals surface area contributed by atoms with Gasteiger partial charge in [0.15, 0.2) is 0 Å². The van der Waals surface area contributed by atoms with Crippen LogP contribution < -0.4 is 10.6 Å². The Morgan fingerprint density at radius 3 is 2.88 bits per heavy atom. The first-order valence-electron chi connectivity index (χ1n) is 5.17. The fourth-order valence-electron chi connectivity index (χ4n) is 1.36. The van der Waals surface area contributed by atoms with E-state index in [1.165, 1.54) is 0 Å². The molecule has 1 aromatic heterocycles. The van der Waals surface area contributed by atoms with Crippen molar-refractivity contribution in [3.63, 3.8) is 0 Å². The van der Waals surface area contributed by atoms with Crippen molar-refractivity contribution in [2.45, 2.75) is 13.8 Å². The highest BCUT2D eigenvalue weighted by atomic mass is 16.4. The van der Waals surface area contributed by atoms with Gasteiger partial charge in [-0.3, -0.25) is 4.98 Å². The second-order valence-electron chi connectivity index (χ2n) is 3.53. The average molecular weight is 223 g/mol. The number of rotatable bonds is 5. The Labute approximate surface area is 94.8 Å². The normalized spacial score (nSPS) is 13.5. The predicted molar refractivity (Wildman–Crippen MR) is 62.5 cm³/mol. The molecule has 88 valence electrons. The van der Waals surface area contributed by atoms with Crippen molar-refractivity contribution in [2.24, 2.45) is 16.8 Å². The molecular formula is C10H17N5O. The molecule has 0 fully saturated rings. The zero-order valence-electron chi connectivity index (χ0n) is 9.54. The van der Waals surface area contributed by atoms with E-state index >= 15 is 0 Å². The molecule has 0 amide bonds. The van der Waals surface area contributed by atoms with E-state index in [1.807, 2.05) is 18.7 Å². The number of nitrogens with zero attached hydrogens (tertiary/aromatic N) is 4. The predicted octanol–water partition coefficient (Wildman–Crippen LogP) is 0.685. The molecule has 16 heavy (non-hydrogen) atoms. The molecule has 0 aliphatic carbocycles. The highest BCUT2D eigenvalue weighted by Crippen LogP contribution is 2.10. The van der Waals surface area contributed by atoms with Crippen molar-refractivity contribution in [3.8, 4) is 0 Å². The summed E-state index contributed by atoms with van der Waals surface area (Å²) in [6.07, 6.45) is 4.97. The summed E-state index contributed by atoms with van der Waals surface area (Å²) in [7, 11) is 0. The summed E-state index contributed by atoms with van der Waals surface area (Å²) in [6.45, 7) is 5.36. The van der Waals surface area contributed by atoms with Crippen molar-refractivity contribution in [1.82, 2.24) is 9.97 Å². The minimum absolute atomic E-state index is 0.0352. The summed E-state index contributed by atoms with van der Waals surface area (Å²) in [5.41, 5.74) is 5.53. The molecule has 0 aliphatic rings. The van der Waals surface area contributed by atoms with Crippen molar-refractivity contribution in [2.75, 3.05) is 18.0 Å². The number of hydrogen-bond acceptors (Lipinski definition) is 5. The third kappa shape index (κ3) is 3.08. The molecule has 1 rings (SSSR count). The van der Waals surface area contributed by atoms with Crippen LogP contribution in [0.2, 0.25) is 0 Å². The Morgan fingerprint density at radius 1 is 1.62 bits per heavy atom. The van der Waals surface area contributed by atoms with Gasteiger partial charge in [0.05, 0.1) is 6.20 Å². The second-order valence-corrected chi connectivity index (χ2v) is 3.53. The first-order valence-corrected chi connectivity index (χ1v) is 5.17. The van der Waals surface area contributed by atoms with Gasteiger partial charge in [-0.05, 0) is 6.92 Å². The third-order valence-corrected chi connectivity index (χ3v) is 2.37. The highest BCUT2D eigenvalue weighted by molar-refractivity contribution is 5.82. The van der Waals surface area contributed by atoms with E-state index in [0.29, 0.717) is 6.54 Å². The van der Waals surface area contributed by atoms with E-state index in [1.54, 1.807) is 18.6 Å². The summed E-state index contributed by atoms with van der Waals surface area (Å²) in [4.78, 5) is 10.2. The molecule has 0 spiro atoms. The third-order valence-electron chi connectivity index (χ3n) is 2.37. The van der Waals surface area contributed by atoms with Crippen molar-refractivity contribution < 1.29 is 5.21 Å². The maximum absolute atomic E-state index is 8.58. The first-order chi connectivity index (χ1) is 7.69. The monoisotopic (exact) mass is 223 g/mol. The zero-order chi connectivity index (χ0) is 12.0. The largest absolute Gasteiger partial charge is 0.409 e. The van der Waals surface area contributed by atoms with Crippen LogP contribution in [0.1, 0.15) is 13.8 Å². The maximum Gasteiger partial charge on any atom is 0.147 e. The van der Waals surface area contributed by atoms with Gasteiger partial charge in [0, 0.05) is 31.4 Å². The Hall–Kier alpha value is -1.85. The molecule has 0 aliphatic heterocycles. The fourth-order valence-corrected chi connectivity index (χ4v) is 1.36. The minimum Gasteiger partial charge on any atom is -0.409 e. The lowest BCUT2D eigenvalue weighted by Crippen LogP contribution is -2.35. The number of nitrogens with two attached hydrogens (primary N) is 1. The standard InChI is InChI=1S/C10H17N5O/c1-3-15(7-8(2)10(11)14-16)9-6-12-4-5-13-9/h4-6,8,16H,3,7H2,1-2H3,(H2,11,14). The first kappa shape index (κ1) is 12.2. The Balaban J connectivity index is 2.70. The van der Waals surface area contributed by atoms with Crippen LogP contribution in [0.15, 0.2) is 23.7 Å². The molecule has 0 bridgehead atoms. The van der Waals surface area contributed by atoms with Crippen LogP contribution in [-0.4, -0.2) is 34.1 Å². The van der Waals surface area contributed by atoms with Crippen molar-refractivity contribution in [1.29, 1.82) is 0 Å². The summed E-state index contributed by atoms with van der Waals surface area (Å²) in [5, 5.41) is 11.6. The van der Waals surface area contributed by atoms with Crippen LogP contribution in [0.5, 0.6) is 0 Å². The van der Waals surface area contributed by atoms with Gasteiger partial charge in [-0.15, -0.1) is 0 Å². The van der Waals surface area contributed by atoms with Crippen LogP contribution in [-0.2, 0) is 0 Å². The van der Waals surface area contributed by atoms with Crippen molar-refractivity contribution in [3.05, 3.63) is 18.6 Å². The topological polar surface area (TPSA) is 87.6 Å². The van der Waals surface area contributed by atoms with Gasteiger partial charge in [0.2, 0.25) is 0 Å². The number of anilines is 1. The smallest absolute Gasteiger partial charge is 0.147 e. The van der Waals surface area contributed by atoms with E-state index < -0.39 is 0 Å². The zero-order valence-corrected chi connectivity index (χ0v) is 9.54. The Morgan fingerprint density at radius 2 is 2.38 bits per heavy atom. The Kier molecular flexibility index (Phi) is 4.50. The molecule has 1 aromatic rings. The molecule has 6 nitrogen and oxygen atoms in total. The van der Waals surface area contributed by atoms with Crippen LogP contribution in [0, 0.1) is 5.92 Å². The van der Waals surface area contributed by atoms with Crippen LogP contribution in [0.3, 0.4) is 0 Å². The van der Waals surface area contributed by atoms with E-state index in [-0.39, 0.29) is 11.8 Å². The quantitative estimate of drug-likeness (QED) is 0.332. The van der Waals surface area contributed by atoms with Gasteiger partial charge < -0.3 is 15.8 Å². The van der Waals surface area contributed by atoms with Crippen LogP contribution >= 0.6 is 0 Å². The molecule has 6 heteroatoms. The van der Waals surface area contributed by atoms with E-state index in [9.17, 15) is 0 Å². The molecule has 0 aromatic carbocycles. The Bertz CT molecular complexity index is 340. The fraction of sp³-hybridized carbons (Fsp3) is 0.500. The summed E-state index contributed by atoms with van der Waals surface area (Å²) in [6, 6.07) is 0. The second kappa shape index (κ2) is 5.89. The number of aromatic nitrogens is 2. The summed E-state index contributed by atoms with van der Waals surface area (Å²) < 4.78 is 0. The van der Waals surface area contributed by atoms with E-state index in [0.717, 1.165) is 12.4 Å². The van der Waals surface area contributed by atoms with Crippen LogP contribution in [0.25, 0.3) is 0 Å². The summed E-state index contributed by atoms with van der Waals surface area (Å²) in [5.74, 6) is 0.983. The number of oxime groups is 1. The molecule has 1 atom stereocenters. The van der Waals surface area contributed by atoms with Gasteiger partial charge in [-0.1, -0.05) is 12.1 Å². The average Bonchev–Trinajstić information content (AvgIpc) is 2.35. The van der Waals surface area contributed by atoms with E-state index in [4.69, 9.17) is 10.9 Å². The number of hydrogen-bond donors (Lipinski definition) is 2. The minimum atomic E-state index is -0.0352. The molecule has 3 N–H and O–H groups in total.